The Morgan fingerprint density at radius 1 is 1.26 bits per heavy atom. The van der Waals surface area contributed by atoms with E-state index in [4.69, 9.17) is 4.42 Å². The molecule has 0 aromatic carbocycles. The summed E-state index contributed by atoms with van der Waals surface area (Å²) < 4.78 is 4.96. The van der Waals surface area contributed by atoms with Gasteiger partial charge in [0.05, 0.1) is 11.8 Å². The molecule has 2 amide bonds. The van der Waals surface area contributed by atoms with Gasteiger partial charge < -0.3 is 14.6 Å². The van der Waals surface area contributed by atoms with E-state index < -0.39 is 0 Å². The van der Waals surface area contributed by atoms with Crippen LogP contribution < -0.4 is 5.32 Å². The molecule has 2 heterocycles. The molecule has 1 aromatic heterocycles. The van der Waals surface area contributed by atoms with Gasteiger partial charge in [-0.05, 0) is 56.9 Å². The van der Waals surface area contributed by atoms with Crippen molar-refractivity contribution >= 4 is 11.8 Å². The summed E-state index contributed by atoms with van der Waals surface area (Å²) in [6, 6.07) is 1.90. The molecule has 124 valence electrons. The first-order chi connectivity index (χ1) is 11.2. The van der Waals surface area contributed by atoms with Crippen molar-refractivity contribution in [2.75, 3.05) is 6.54 Å². The van der Waals surface area contributed by atoms with Gasteiger partial charge >= 0.3 is 0 Å². The van der Waals surface area contributed by atoms with E-state index in [1.807, 2.05) is 0 Å². The van der Waals surface area contributed by atoms with Crippen LogP contribution in [0.2, 0.25) is 0 Å². The fourth-order valence-electron chi connectivity index (χ4n) is 4.21. The van der Waals surface area contributed by atoms with Crippen LogP contribution >= 0.6 is 0 Å². The molecule has 2 aliphatic carbocycles. The molecular weight excluding hydrogens is 292 g/mol. The summed E-state index contributed by atoms with van der Waals surface area (Å²) >= 11 is 0. The van der Waals surface area contributed by atoms with Crippen LogP contribution in [-0.4, -0.2) is 34.8 Å². The Morgan fingerprint density at radius 2 is 2.04 bits per heavy atom. The summed E-state index contributed by atoms with van der Waals surface area (Å²) in [6.07, 6.45) is 11.2. The summed E-state index contributed by atoms with van der Waals surface area (Å²) in [5, 5.41) is 3.10. The first-order valence-corrected chi connectivity index (χ1v) is 8.80. The monoisotopic (exact) mass is 316 g/mol. The highest BCUT2D eigenvalue weighted by Crippen LogP contribution is 2.44. The molecule has 2 saturated carbocycles. The molecule has 0 bridgehead atoms. The highest BCUT2D eigenvalue weighted by atomic mass is 16.3. The normalized spacial score (nSPS) is 30.9. The van der Waals surface area contributed by atoms with E-state index in [2.05, 4.69) is 10.2 Å². The second-order valence-corrected chi connectivity index (χ2v) is 7.43. The first-order valence-electron chi connectivity index (χ1n) is 8.80. The molecule has 0 atom stereocenters. The predicted octanol–water partition coefficient (Wildman–Crippen LogP) is 2.72. The zero-order chi connectivity index (χ0) is 15.9. The number of carbonyl (C=O) groups is 2. The standard InChI is InChI=1S/C18H24N2O3/c21-16-5-9-18(20(16)11-13-1-2-13)7-3-15(4-8-18)19-17(22)14-6-10-23-12-14/h6,10,12-13,15H,1-5,7-9,11H2,(H,19,22). The van der Waals surface area contributed by atoms with E-state index in [9.17, 15) is 9.59 Å². The lowest BCUT2D eigenvalue weighted by Crippen LogP contribution is -2.51. The van der Waals surface area contributed by atoms with E-state index >= 15 is 0 Å². The number of rotatable bonds is 4. The Balaban J connectivity index is 1.36. The van der Waals surface area contributed by atoms with Crippen molar-refractivity contribution in [1.29, 1.82) is 0 Å². The van der Waals surface area contributed by atoms with Crippen LogP contribution in [0.3, 0.4) is 0 Å². The Labute approximate surface area is 136 Å². The second kappa shape index (κ2) is 5.69. The van der Waals surface area contributed by atoms with Gasteiger partial charge in [0.1, 0.15) is 6.26 Å². The van der Waals surface area contributed by atoms with Gasteiger partial charge in [-0.2, -0.15) is 0 Å². The van der Waals surface area contributed by atoms with Crippen molar-refractivity contribution in [2.24, 2.45) is 5.92 Å². The van der Waals surface area contributed by atoms with Crippen molar-refractivity contribution in [3.8, 4) is 0 Å². The Hall–Kier alpha value is -1.78. The van der Waals surface area contributed by atoms with Crippen LogP contribution in [0.5, 0.6) is 0 Å². The molecule has 5 heteroatoms. The lowest BCUT2D eigenvalue weighted by Gasteiger charge is -2.44. The minimum Gasteiger partial charge on any atom is -0.472 e. The largest absolute Gasteiger partial charge is 0.472 e. The SMILES string of the molecule is O=C(NC1CCC2(CCC(=O)N2CC2CC2)CC1)c1ccoc1. The van der Waals surface area contributed by atoms with Gasteiger partial charge in [0.15, 0.2) is 0 Å². The molecule has 23 heavy (non-hydrogen) atoms. The fraction of sp³-hybridized carbons (Fsp3) is 0.667. The van der Waals surface area contributed by atoms with Crippen molar-refractivity contribution in [3.63, 3.8) is 0 Å². The zero-order valence-corrected chi connectivity index (χ0v) is 13.4. The molecule has 4 rings (SSSR count). The van der Waals surface area contributed by atoms with Gasteiger partial charge in [-0.25, -0.2) is 0 Å². The number of nitrogens with zero attached hydrogens (tertiary/aromatic N) is 1. The van der Waals surface area contributed by atoms with Crippen molar-refractivity contribution < 1.29 is 14.0 Å². The second-order valence-electron chi connectivity index (χ2n) is 7.43. The van der Waals surface area contributed by atoms with Gasteiger partial charge in [-0.1, -0.05) is 0 Å². The number of amides is 2. The van der Waals surface area contributed by atoms with E-state index in [-0.39, 0.29) is 17.5 Å². The number of hydrogen-bond acceptors (Lipinski definition) is 3. The van der Waals surface area contributed by atoms with Gasteiger partial charge in [0, 0.05) is 24.5 Å². The summed E-state index contributed by atoms with van der Waals surface area (Å²) in [5.41, 5.74) is 0.660. The van der Waals surface area contributed by atoms with Crippen LogP contribution in [0, 0.1) is 5.92 Å². The maximum atomic E-state index is 12.3. The average Bonchev–Trinajstić information content (AvgIpc) is 3.11. The van der Waals surface area contributed by atoms with Crippen LogP contribution in [0.25, 0.3) is 0 Å². The molecule has 1 aromatic rings. The number of likely N-dealkylation sites (tertiary alicyclic amines) is 1. The lowest BCUT2D eigenvalue weighted by atomic mass is 9.77. The van der Waals surface area contributed by atoms with Crippen molar-refractivity contribution in [3.05, 3.63) is 24.2 Å². The molecule has 5 nitrogen and oxygen atoms in total. The smallest absolute Gasteiger partial charge is 0.254 e. The molecule has 3 fully saturated rings. The third-order valence-corrected chi connectivity index (χ3v) is 5.85. The quantitative estimate of drug-likeness (QED) is 0.929. The number of nitrogens with one attached hydrogen (secondary N) is 1. The van der Waals surface area contributed by atoms with Crippen LogP contribution in [0.1, 0.15) is 61.7 Å². The molecular formula is C18H24N2O3. The van der Waals surface area contributed by atoms with E-state index in [0.717, 1.165) is 44.6 Å². The Bertz CT molecular complexity index is 583. The molecule has 1 saturated heterocycles. The van der Waals surface area contributed by atoms with E-state index in [0.29, 0.717) is 17.9 Å². The maximum Gasteiger partial charge on any atom is 0.254 e. The van der Waals surface area contributed by atoms with Crippen LogP contribution in [0.4, 0.5) is 0 Å². The fourth-order valence-corrected chi connectivity index (χ4v) is 4.21. The van der Waals surface area contributed by atoms with Crippen molar-refractivity contribution in [1.82, 2.24) is 10.2 Å². The summed E-state index contributed by atoms with van der Waals surface area (Å²) in [7, 11) is 0. The molecule has 1 N–H and O–H groups in total. The van der Waals surface area contributed by atoms with E-state index in [1.165, 1.54) is 25.4 Å². The lowest BCUT2D eigenvalue weighted by molar-refractivity contribution is -0.132. The van der Waals surface area contributed by atoms with Crippen molar-refractivity contribution in [2.45, 2.75) is 62.9 Å². The number of hydrogen-bond donors (Lipinski definition) is 1. The molecule has 3 aliphatic rings. The highest BCUT2D eigenvalue weighted by Gasteiger charge is 2.48. The van der Waals surface area contributed by atoms with Crippen LogP contribution in [-0.2, 0) is 4.79 Å². The first kappa shape index (κ1) is 14.8. The summed E-state index contributed by atoms with van der Waals surface area (Å²) in [6.45, 7) is 0.963. The van der Waals surface area contributed by atoms with Gasteiger partial charge in [0.25, 0.3) is 5.91 Å². The molecule has 1 aliphatic heterocycles. The molecule has 1 spiro atoms. The summed E-state index contributed by atoms with van der Waals surface area (Å²) in [5.74, 6) is 1.03. The third kappa shape index (κ3) is 2.89. The predicted molar refractivity (Wildman–Crippen MR) is 84.8 cm³/mol. The number of furan rings is 1. The number of carbonyl (C=O) groups excluding carboxylic acids is 2. The average molecular weight is 316 g/mol. The molecule has 0 radical (unpaired) electrons. The molecule has 0 unspecified atom stereocenters. The third-order valence-electron chi connectivity index (χ3n) is 5.85. The minimum absolute atomic E-state index is 0.0583. The maximum absolute atomic E-state index is 12.3. The van der Waals surface area contributed by atoms with Crippen LogP contribution in [0.15, 0.2) is 23.0 Å². The van der Waals surface area contributed by atoms with Gasteiger partial charge in [-0.15, -0.1) is 0 Å². The Morgan fingerprint density at radius 3 is 2.70 bits per heavy atom. The topological polar surface area (TPSA) is 62.6 Å². The Kier molecular flexibility index (Phi) is 3.66. The van der Waals surface area contributed by atoms with Gasteiger partial charge in [-0.3, -0.25) is 9.59 Å². The van der Waals surface area contributed by atoms with Gasteiger partial charge in [0.2, 0.25) is 5.91 Å². The van der Waals surface area contributed by atoms with E-state index in [1.54, 1.807) is 6.07 Å². The highest BCUT2D eigenvalue weighted by molar-refractivity contribution is 5.93. The minimum atomic E-state index is -0.0583. The zero-order valence-electron chi connectivity index (χ0n) is 13.4. The summed E-state index contributed by atoms with van der Waals surface area (Å²) in [4.78, 5) is 26.6.